The van der Waals surface area contributed by atoms with Gasteiger partial charge in [-0.2, -0.15) is 0 Å². The zero-order valence-electron chi connectivity index (χ0n) is 15.1. The van der Waals surface area contributed by atoms with Crippen LogP contribution >= 0.6 is 0 Å². The van der Waals surface area contributed by atoms with Gasteiger partial charge in [0.2, 0.25) is 11.8 Å². The number of benzene rings is 2. The molecule has 3 rings (SSSR count). The van der Waals surface area contributed by atoms with E-state index in [-0.39, 0.29) is 17.7 Å². The van der Waals surface area contributed by atoms with E-state index in [0.717, 1.165) is 43.9 Å². The Morgan fingerprint density at radius 3 is 2.31 bits per heavy atom. The van der Waals surface area contributed by atoms with E-state index in [1.807, 2.05) is 30.3 Å². The molecule has 5 nitrogen and oxygen atoms in total. The highest BCUT2D eigenvalue weighted by Gasteiger charge is 2.25. The number of nitrogens with one attached hydrogen (secondary N) is 2. The average molecular weight is 351 g/mol. The Morgan fingerprint density at radius 1 is 1.00 bits per heavy atom. The molecule has 1 fully saturated rings. The smallest absolute Gasteiger partial charge is 0.228 e. The van der Waals surface area contributed by atoms with E-state index in [1.54, 1.807) is 12.1 Å². The Kier molecular flexibility index (Phi) is 6.02. The molecule has 26 heavy (non-hydrogen) atoms. The van der Waals surface area contributed by atoms with Crippen LogP contribution in [-0.4, -0.2) is 29.8 Å². The second-order valence-corrected chi connectivity index (χ2v) is 6.81. The minimum Gasteiger partial charge on any atom is -0.326 e. The number of hydrogen-bond acceptors (Lipinski definition) is 3. The number of hydrogen-bond donors (Lipinski definition) is 2. The fourth-order valence-corrected chi connectivity index (χ4v) is 3.34. The minimum atomic E-state index is -0.109. The zero-order chi connectivity index (χ0) is 18.4. The molecule has 0 saturated carbocycles. The molecule has 0 aliphatic carbocycles. The summed E-state index contributed by atoms with van der Waals surface area (Å²) in [6.07, 6.45) is 1.95. The summed E-state index contributed by atoms with van der Waals surface area (Å²) in [6.45, 7) is 4.17. The molecular formula is C21H25N3O2. The van der Waals surface area contributed by atoms with Crippen molar-refractivity contribution in [2.24, 2.45) is 5.92 Å². The molecule has 0 aromatic heterocycles. The summed E-state index contributed by atoms with van der Waals surface area (Å²) in [6, 6.07) is 17.6. The molecule has 1 saturated heterocycles. The first-order chi connectivity index (χ1) is 12.6. The molecular weight excluding hydrogens is 326 g/mol. The summed E-state index contributed by atoms with van der Waals surface area (Å²) in [5.74, 6) is -0.0416. The highest BCUT2D eigenvalue weighted by atomic mass is 16.2. The Bertz CT molecular complexity index is 744. The molecule has 2 amide bonds. The van der Waals surface area contributed by atoms with Crippen LogP contribution in [0.3, 0.4) is 0 Å². The van der Waals surface area contributed by atoms with Crippen molar-refractivity contribution >= 4 is 23.2 Å². The normalized spacial score (nSPS) is 17.5. The Labute approximate surface area is 154 Å². The lowest BCUT2D eigenvalue weighted by atomic mass is 9.96. The number of amides is 2. The first-order valence-corrected chi connectivity index (χ1v) is 9.05. The summed E-state index contributed by atoms with van der Waals surface area (Å²) in [5, 5.41) is 5.72. The van der Waals surface area contributed by atoms with Gasteiger partial charge in [-0.05, 0) is 49.2 Å². The maximum absolute atomic E-state index is 12.6. The highest BCUT2D eigenvalue weighted by Crippen LogP contribution is 2.21. The standard InChI is InChI=1S/C21H25N3O2/c1-16(25)22-19-9-11-20(12-10-19)23-21(26)18-8-5-13-24(15-18)14-17-6-3-2-4-7-17/h2-4,6-7,9-12,18H,5,8,13-15H2,1H3,(H,22,25)(H,23,26)/t18-/m0/s1. The van der Waals surface area contributed by atoms with E-state index in [2.05, 4.69) is 27.7 Å². The lowest BCUT2D eigenvalue weighted by molar-refractivity contribution is -0.121. The Morgan fingerprint density at radius 2 is 1.65 bits per heavy atom. The van der Waals surface area contributed by atoms with Crippen molar-refractivity contribution in [3.05, 3.63) is 60.2 Å². The van der Waals surface area contributed by atoms with E-state index in [1.165, 1.54) is 12.5 Å². The second kappa shape index (κ2) is 8.63. The molecule has 1 aliphatic rings. The van der Waals surface area contributed by atoms with E-state index >= 15 is 0 Å². The molecule has 0 spiro atoms. The molecule has 1 aliphatic heterocycles. The van der Waals surface area contributed by atoms with E-state index in [0.29, 0.717) is 0 Å². The number of piperidine rings is 1. The predicted octanol–water partition coefficient (Wildman–Crippen LogP) is 3.50. The third-order valence-electron chi connectivity index (χ3n) is 4.60. The van der Waals surface area contributed by atoms with Gasteiger partial charge in [0, 0.05) is 31.4 Å². The zero-order valence-corrected chi connectivity index (χ0v) is 15.1. The molecule has 5 heteroatoms. The third-order valence-corrected chi connectivity index (χ3v) is 4.60. The van der Waals surface area contributed by atoms with Crippen LogP contribution in [0.15, 0.2) is 54.6 Å². The van der Waals surface area contributed by atoms with Gasteiger partial charge >= 0.3 is 0 Å². The average Bonchev–Trinajstić information content (AvgIpc) is 2.64. The number of nitrogens with zero attached hydrogens (tertiary/aromatic N) is 1. The first-order valence-electron chi connectivity index (χ1n) is 9.05. The Hall–Kier alpha value is -2.66. The van der Waals surface area contributed by atoms with Gasteiger partial charge < -0.3 is 10.6 Å². The van der Waals surface area contributed by atoms with Gasteiger partial charge in [-0.15, -0.1) is 0 Å². The van der Waals surface area contributed by atoms with Crippen molar-refractivity contribution in [3.63, 3.8) is 0 Å². The van der Waals surface area contributed by atoms with Crippen LogP contribution in [0.2, 0.25) is 0 Å². The highest BCUT2D eigenvalue weighted by molar-refractivity contribution is 5.93. The molecule has 2 N–H and O–H groups in total. The fraction of sp³-hybridized carbons (Fsp3) is 0.333. The molecule has 136 valence electrons. The molecule has 1 atom stereocenters. The summed E-state index contributed by atoms with van der Waals surface area (Å²) in [5.41, 5.74) is 2.76. The summed E-state index contributed by atoms with van der Waals surface area (Å²) in [7, 11) is 0. The van der Waals surface area contributed by atoms with Crippen molar-refractivity contribution in [2.45, 2.75) is 26.3 Å². The number of carbonyl (C=O) groups excluding carboxylic acids is 2. The molecule has 0 unspecified atom stereocenters. The van der Waals surface area contributed by atoms with Crippen molar-refractivity contribution in [3.8, 4) is 0 Å². The number of likely N-dealkylation sites (tertiary alicyclic amines) is 1. The predicted molar refractivity (Wildman–Crippen MR) is 104 cm³/mol. The van der Waals surface area contributed by atoms with E-state index in [9.17, 15) is 9.59 Å². The second-order valence-electron chi connectivity index (χ2n) is 6.81. The molecule has 0 radical (unpaired) electrons. The summed E-state index contributed by atoms with van der Waals surface area (Å²) in [4.78, 5) is 26.0. The fourth-order valence-electron chi connectivity index (χ4n) is 3.34. The van der Waals surface area contributed by atoms with Crippen molar-refractivity contribution < 1.29 is 9.59 Å². The van der Waals surface area contributed by atoms with Gasteiger partial charge in [0.15, 0.2) is 0 Å². The van der Waals surface area contributed by atoms with Crippen LogP contribution in [0.1, 0.15) is 25.3 Å². The van der Waals surface area contributed by atoms with Gasteiger partial charge in [-0.1, -0.05) is 30.3 Å². The maximum Gasteiger partial charge on any atom is 0.228 e. The number of anilines is 2. The Balaban J connectivity index is 1.54. The quantitative estimate of drug-likeness (QED) is 0.867. The summed E-state index contributed by atoms with van der Waals surface area (Å²) >= 11 is 0. The largest absolute Gasteiger partial charge is 0.326 e. The lowest BCUT2D eigenvalue weighted by Crippen LogP contribution is -2.40. The van der Waals surface area contributed by atoms with E-state index < -0.39 is 0 Å². The third kappa shape index (κ3) is 5.17. The monoisotopic (exact) mass is 351 g/mol. The van der Waals surface area contributed by atoms with Crippen LogP contribution in [0, 0.1) is 5.92 Å². The van der Waals surface area contributed by atoms with Gasteiger partial charge in [0.05, 0.1) is 5.92 Å². The molecule has 1 heterocycles. The van der Waals surface area contributed by atoms with Crippen molar-refractivity contribution in [2.75, 3.05) is 23.7 Å². The lowest BCUT2D eigenvalue weighted by Gasteiger charge is -2.32. The number of carbonyl (C=O) groups is 2. The van der Waals surface area contributed by atoms with Gasteiger partial charge in [0.1, 0.15) is 0 Å². The van der Waals surface area contributed by atoms with Crippen LogP contribution in [0.4, 0.5) is 11.4 Å². The topological polar surface area (TPSA) is 61.4 Å². The first kappa shape index (κ1) is 18.1. The van der Waals surface area contributed by atoms with Gasteiger partial charge in [-0.3, -0.25) is 14.5 Å². The van der Waals surface area contributed by atoms with E-state index in [4.69, 9.17) is 0 Å². The summed E-state index contributed by atoms with van der Waals surface area (Å²) < 4.78 is 0. The van der Waals surface area contributed by atoms with Crippen molar-refractivity contribution in [1.29, 1.82) is 0 Å². The van der Waals surface area contributed by atoms with Crippen molar-refractivity contribution in [1.82, 2.24) is 4.90 Å². The molecule has 2 aromatic carbocycles. The molecule has 2 aromatic rings. The van der Waals surface area contributed by atoms with Crippen LogP contribution in [0.25, 0.3) is 0 Å². The molecule has 0 bridgehead atoms. The van der Waals surface area contributed by atoms with Crippen LogP contribution in [-0.2, 0) is 16.1 Å². The van der Waals surface area contributed by atoms with Crippen LogP contribution < -0.4 is 10.6 Å². The van der Waals surface area contributed by atoms with Gasteiger partial charge in [-0.25, -0.2) is 0 Å². The maximum atomic E-state index is 12.6. The minimum absolute atomic E-state index is 0.00230. The number of rotatable bonds is 5. The SMILES string of the molecule is CC(=O)Nc1ccc(NC(=O)[C@H]2CCCN(Cc3ccccc3)C2)cc1. The van der Waals surface area contributed by atoms with Crippen LogP contribution in [0.5, 0.6) is 0 Å². The van der Waals surface area contributed by atoms with Gasteiger partial charge in [0.25, 0.3) is 0 Å².